The van der Waals surface area contributed by atoms with Gasteiger partial charge in [-0.15, -0.1) is 0 Å². The van der Waals surface area contributed by atoms with E-state index in [0.717, 1.165) is 11.1 Å². The fourth-order valence-corrected chi connectivity index (χ4v) is 3.92. The smallest absolute Gasteiger partial charge is 0.264 e. The van der Waals surface area contributed by atoms with Crippen molar-refractivity contribution in [2.75, 3.05) is 7.11 Å². The Bertz CT molecular complexity index is 960. The van der Waals surface area contributed by atoms with E-state index in [4.69, 9.17) is 16.3 Å². The van der Waals surface area contributed by atoms with Crippen LogP contribution in [0.3, 0.4) is 0 Å². The molecule has 8 heteroatoms. The molecule has 0 bridgehead atoms. The minimum atomic E-state index is -0.226. The lowest BCUT2D eigenvalue weighted by molar-refractivity contribution is -0.115. The number of nitrogens with zero attached hydrogens (tertiary/aromatic N) is 1. The summed E-state index contributed by atoms with van der Waals surface area (Å²) in [5.74, 6) is 0.212. The summed E-state index contributed by atoms with van der Waals surface area (Å²) in [6.45, 7) is 1.88. The number of benzene rings is 2. The number of hydrogen-bond acceptors (Lipinski definition) is 5. The Balaban J connectivity index is 1.91. The second-order valence-corrected chi connectivity index (χ2v) is 8.02. The van der Waals surface area contributed by atoms with Crippen molar-refractivity contribution in [1.29, 1.82) is 0 Å². The van der Waals surface area contributed by atoms with Gasteiger partial charge in [0.2, 0.25) is 0 Å². The molecule has 0 atom stereocenters. The van der Waals surface area contributed by atoms with E-state index in [1.807, 2.05) is 41.6 Å². The molecule has 1 heterocycles. The number of nitrogens with one attached hydrogen (secondary N) is 1. The number of aliphatic imine (C=N–C) groups is 1. The maximum atomic E-state index is 12.2. The Kier molecular flexibility index (Phi) is 5.79. The highest BCUT2D eigenvalue weighted by molar-refractivity contribution is 14.1. The van der Waals surface area contributed by atoms with Crippen LogP contribution in [0.2, 0.25) is 5.02 Å². The van der Waals surface area contributed by atoms with Crippen LogP contribution in [0.1, 0.15) is 11.1 Å². The Morgan fingerprint density at radius 2 is 2.15 bits per heavy atom. The molecule has 2 aromatic rings. The third-order valence-corrected chi connectivity index (χ3v) is 5.82. The van der Waals surface area contributed by atoms with Crippen LogP contribution in [0, 0.1) is 10.5 Å². The summed E-state index contributed by atoms with van der Waals surface area (Å²) in [6.07, 6.45) is 1.73. The molecule has 26 heavy (non-hydrogen) atoms. The van der Waals surface area contributed by atoms with Crippen molar-refractivity contribution >= 4 is 68.8 Å². The molecule has 1 fully saturated rings. The maximum Gasteiger partial charge on any atom is 0.264 e. The van der Waals surface area contributed by atoms with Crippen LogP contribution in [0.25, 0.3) is 6.08 Å². The molecular formula is C18H14ClIN2O3S. The number of carbonyl (C=O) groups excluding carboxylic acids is 1. The summed E-state index contributed by atoms with van der Waals surface area (Å²) in [6, 6.07) is 8.91. The number of rotatable bonds is 3. The molecule has 0 saturated carbocycles. The summed E-state index contributed by atoms with van der Waals surface area (Å²) >= 11 is 9.37. The van der Waals surface area contributed by atoms with Crippen LogP contribution in [0.4, 0.5) is 5.69 Å². The number of hydrogen-bond donors (Lipinski definition) is 2. The van der Waals surface area contributed by atoms with Gasteiger partial charge in [-0.05, 0) is 82.7 Å². The lowest BCUT2D eigenvalue weighted by Gasteiger charge is -2.06. The first-order chi connectivity index (χ1) is 12.4. The number of amides is 1. The molecule has 5 nitrogen and oxygen atoms in total. The Morgan fingerprint density at radius 1 is 1.38 bits per heavy atom. The summed E-state index contributed by atoms with van der Waals surface area (Å²) in [5.41, 5.74) is 2.32. The van der Waals surface area contributed by atoms with E-state index in [-0.39, 0.29) is 11.7 Å². The Labute approximate surface area is 173 Å². The summed E-state index contributed by atoms with van der Waals surface area (Å²) in [5, 5.41) is 13.8. The Morgan fingerprint density at radius 3 is 2.88 bits per heavy atom. The normalized spacial score (nSPS) is 17.0. The van der Waals surface area contributed by atoms with E-state index < -0.39 is 0 Å². The number of amidine groups is 1. The van der Waals surface area contributed by atoms with E-state index in [2.05, 4.69) is 10.3 Å². The van der Waals surface area contributed by atoms with Crippen molar-refractivity contribution in [1.82, 2.24) is 5.32 Å². The lowest BCUT2D eigenvalue weighted by atomic mass is 10.2. The number of halogens is 2. The van der Waals surface area contributed by atoms with Crippen molar-refractivity contribution in [2.45, 2.75) is 6.92 Å². The van der Waals surface area contributed by atoms with Crippen LogP contribution in [-0.2, 0) is 4.79 Å². The van der Waals surface area contributed by atoms with Gasteiger partial charge >= 0.3 is 0 Å². The third kappa shape index (κ3) is 3.99. The van der Waals surface area contributed by atoms with Crippen LogP contribution >= 0.6 is 46.0 Å². The van der Waals surface area contributed by atoms with Crippen molar-refractivity contribution in [3.8, 4) is 11.5 Å². The van der Waals surface area contributed by atoms with Gasteiger partial charge in [0.1, 0.15) is 0 Å². The molecule has 1 amide bonds. The second kappa shape index (κ2) is 7.89. The summed E-state index contributed by atoms with van der Waals surface area (Å²) < 4.78 is 5.79. The molecule has 2 aromatic carbocycles. The SMILES string of the molecule is COc1cc(/C=C2/SC(=Nc3cccc(Cl)c3C)NC2=O)cc(I)c1O. The van der Waals surface area contributed by atoms with Gasteiger partial charge in [-0.25, -0.2) is 4.99 Å². The predicted molar refractivity (Wildman–Crippen MR) is 114 cm³/mol. The van der Waals surface area contributed by atoms with Gasteiger partial charge in [0.25, 0.3) is 5.91 Å². The minimum absolute atomic E-state index is 0.0810. The molecule has 3 rings (SSSR count). The summed E-state index contributed by atoms with van der Waals surface area (Å²) in [4.78, 5) is 17.2. The highest BCUT2D eigenvalue weighted by Gasteiger charge is 2.24. The van der Waals surface area contributed by atoms with Gasteiger partial charge in [0, 0.05) is 5.02 Å². The maximum absolute atomic E-state index is 12.2. The second-order valence-electron chi connectivity index (χ2n) is 5.42. The zero-order valence-electron chi connectivity index (χ0n) is 13.8. The largest absolute Gasteiger partial charge is 0.504 e. The van der Waals surface area contributed by atoms with Gasteiger partial charge in [-0.1, -0.05) is 17.7 Å². The van der Waals surface area contributed by atoms with Crippen molar-refractivity contribution in [3.63, 3.8) is 0 Å². The van der Waals surface area contributed by atoms with Crippen LogP contribution in [0.5, 0.6) is 11.5 Å². The number of carbonyl (C=O) groups is 1. The fraction of sp³-hybridized carbons (Fsp3) is 0.111. The van der Waals surface area contributed by atoms with Gasteiger partial charge < -0.3 is 15.2 Å². The van der Waals surface area contributed by atoms with Gasteiger partial charge in [0.05, 0.1) is 21.3 Å². The van der Waals surface area contributed by atoms with E-state index in [1.165, 1.54) is 18.9 Å². The molecular weight excluding hydrogens is 487 g/mol. The third-order valence-electron chi connectivity index (χ3n) is 3.68. The first kappa shape index (κ1) is 19.1. The number of methoxy groups -OCH3 is 1. The molecule has 0 unspecified atom stereocenters. The number of thioether (sulfide) groups is 1. The molecule has 0 radical (unpaired) electrons. The number of aromatic hydroxyl groups is 1. The zero-order chi connectivity index (χ0) is 18.8. The predicted octanol–water partition coefficient (Wildman–Crippen LogP) is 4.86. The van der Waals surface area contributed by atoms with Crippen LogP contribution < -0.4 is 10.1 Å². The van der Waals surface area contributed by atoms with Gasteiger partial charge in [0.15, 0.2) is 16.7 Å². The molecule has 0 aromatic heterocycles. The zero-order valence-corrected chi connectivity index (χ0v) is 17.6. The van der Waals surface area contributed by atoms with E-state index in [0.29, 0.717) is 30.1 Å². The molecule has 1 aliphatic heterocycles. The number of phenols is 1. The van der Waals surface area contributed by atoms with Crippen LogP contribution in [0.15, 0.2) is 40.2 Å². The van der Waals surface area contributed by atoms with Crippen molar-refractivity contribution in [3.05, 3.63) is 55.0 Å². The summed E-state index contributed by atoms with van der Waals surface area (Å²) in [7, 11) is 1.48. The average Bonchev–Trinajstić information content (AvgIpc) is 2.94. The lowest BCUT2D eigenvalue weighted by Crippen LogP contribution is -2.19. The quantitative estimate of drug-likeness (QED) is 0.466. The van der Waals surface area contributed by atoms with Crippen molar-refractivity contribution < 1.29 is 14.6 Å². The van der Waals surface area contributed by atoms with Crippen LogP contribution in [-0.4, -0.2) is 23.3 Å². The average molecular weight is 501 g/mol. The van der Waals surface area contributed by atoms with Gasteiger partial charge in [-0.3, -0.25) is 4.79 Å². The Hall–Kier alpha value is -1.71. The fourth-order valence-electron chi connectivity index (χ4n) is 2.29. The molecule has 1 saturated heterocycles. The standard InChI is InChI=1S/C18H14ClIN2O3S/c1-9-11(19)4-3-5-13(9)21-18-22-17(24)15(26-18)8-10-6-12(20)16(23)14(7-10)25-2/h3-8,23H,1-2H3,(H,21,22,24)/b15-8+. The highest BCUT2D eigenvalue weighted by atomic mass is 127. The minimum Gasteiger partial charge on any atom is -0.504 e. The number of phenolic OH excluding ortho intramolecular Hbond substituents is 1. The topological polar surface area (TPSA) is 70.9 Å². The molecule has 2 N–H and O–H groups in total. The van der Waals surface area contributed by atoms with Gasteiger partial charge in [-0.2, -0.15) is 0 Å². The monoisotopic (exact) mass is 500 g/mol. The van der Waals surface area contributed by atoms with E-state index >= 15 is 0 Å². The first-order valence-corrected chi connectivity index (χ1v) is 9.77. The van der Waals surface area contributed by atoms with E-state index in [1.54, 1.807) is 24.3 Å². The highest BCUT2D eigenvalue weighted by Crippen LogP contribution is 2.35. The molecule has 1 aliphatic rings. The first-order valence-electron chi connectivity index (χ1n) is 7.50. The van der Waals surface area contributed by atoms with Crippen molar-refractivity contribution in [2.24, 2.45) is 4.99 Å². The molecule has 0 aliphatic carbocycles. The number of ether oxygens (including phenoxy) is 1. The van der Waals surface area contributed by atoms with E-state index in [9.17, 15) is 9.90 Å². The molecule has 134 valence electrons. The molecule has 0 spiro atoms.